The van der Waals surface area contributed by atoms with Gasteiger partial charge in [-0.15, -0.1) is 0 Å². The average Bonchev–Trinajstić information content (AvgIpc) is 3.30. The molecule has 0 aliphatic carbocycles. The molecule has 154 valence electrons. The van der Waals surface area contributed by atoms with Gasteiger partial charge in [0.15, 0.2) is 5.82 Å². The van der Waals surface area contributed by atoms with E-state index in [9.17, 15) is 5.26 Å². The van der Waals surface area contributed by atoms with Gasteiger partial charge in [-0.3, -0.25) is 9.67 Å². The van der Waals surface area contributed by atoms with Crippen LogP contribution in [-0.2, 0) is 11.5 Å². The van der Waals surface area contributed by atoms with Crippen molar-refractivity contribution in [2.75, 3.05) is 19.0 Å². The number of H-pyrrole nitrogens is 1. The zero-order valence-electron chi connectivity index (χ0n) is 17.8. The number of aromatic amines is 1. The van der Waals surface area contributed by atoms with Gasteiger partial charge in [0, 0.05) is 27.1 Å². The highest BCUT2D eigenvalue weighted by molar-refractivity contribution is 6.76. The Morgan fingerprint density at radius 3 is 2.77 bits per heavy atom. The van der Waals surface area contributed by atoms with Crippen molar-refractivity contribution in [3.8, 4) is 17.6 Å². The Morgan fingerprint density at radius 1 is 1.23 bits per heavy atom. The van der Waals surface area contributed by atoms with Crippen LogP contribution in [0, 0.1) is 11.3 Å². The van der Waals surface area contributed by atoms with Crippen molar-refractivity contribution in [1.82, 2.24) is 19.7 Å². The predicted molar refractivity (Wildman–Crippen MR) is 123 cm³/mol. The van der Waals surface area contributed by atoms with Crippen molar-refractivity contribution in [2.24, 2.45) is 0 Å². The maximum atomic E-state index is 9.50. The second-order valence-electron chi connectivity index (χ2n) is 8.58. The van der Waals surface area contributed by atoms with E-state index in [1.807, 2.05) is 48.0 Å². The van der Waals surface area contributed by atoms with Crippen molar-refractivity contribution in [3.05, 3.63) is 42.0 Å². The molecule has 2 N–H and O–H groups in total. The highest BCUT2D eigenvalue weighted by atomic mass is 28.3. The van der Waals surface area contributed by atoms with Crippen LogP contribution in [0.3, 0.4) is 0 Å². The SMILES string of the molecule is CNc1cc2c(cc1C#N)nc(-c1n[nH]c3ccccc13)n2COCC[Si](C)(C)C. The molecular formula is C22H26N6OSi. The summed E-state index contributed by atoms with van der Waals surface area (Å²) in [5, 5.41) is 21.2. The molecular weight excluding hydrogens is 392 g/mol. The van der Waals surface area contributed by atoms with Gasteiger partial charge in [-0.2, -0.15) is 10.4 Å². The molecule has 0 aliphatic heterocycles. The van der Waals surface area contributed by atoms with E-state index in [-0.39, 0.29) is 0 Å². The van der Waals surface area contributed by atoms with E-state index in [2.05, 4.69) is 41.2 Å². The summed E-state index contributed by atoms with van der Waals surface area (Å²) < 4.78 is 8.12. The number of nitrogens with one attached hydrogen (secondary N) is 2. The summed E-state index contributed by atoms with van der Waals surface area (Å²) >= 11 is 0. The Morgan fingerprint density at radius 2 is 2.03 bits per heavy atom. The van der Waals surface area contributed by atoms with Gasteiger partial charge in [-0.25, -0.2) is 4.98 Å². The van der Waals surface area contributed by atoms with E-state index in [1.165, 1.54) is 0 Å². The lowest BCUT2D eigenvalue weighted by Crippen LogP contribution is -2.22. The molecule has 0 saturated carbocycles. The van der Waals surface area contributed by atoms with Gasteiger partial charge in [0.05, 0.1) is 27.8 Å². The number of benzene rings is 2. The molecule has 2 aromatic carbocycles. The first-order valence-corrected chi connectivity index (χ1v) is 13.8. The van der Waals surface area contributed by atoms with Crippen LogP contribution in [0.15, 0.2) is 36.4 Å². The third-order valence-corrected chi connectivity index (χ3v) is 6.88. The Balaban J connectivity index is 1.82. The lowest BCUT2D eigenvalue weighted by molar-refractivity contribution is 0.0909. The van der Waals surface area contributed by atoms with E-state index in [4.69, 9.17) is 9.72 Å². The fourth-order valence-electron chi connectivity index (χ4n) is 3.45. The van der Waals surface area contributed by atoms with Crippen LogP contribution in [0.2, 0.25) is 25.7 Å². The summed E-state index contributed by atoms with van der Waals surface area (Å²) in [6.07, 6.45) is 0. The quantitative estimate of drug-likeness (QED) is 0.332. The Hall–Kier alpha value is -3.15. The zero-order valence-corrected chi connectivity index (χ0v) is 18.8. The van der Waals surface area contributed by atoms with Gasteiger partial charge < -0.3 is 10.1 Å². The van der Waals surface area contributed by atoms with Gasteiger partial charge in [0.2, 0.25) is 0 Å². The summed E-state index contributed by atoms with van der Waals surface area (Å²) in [5.41, 5.74) is 4.73. The number of fused-ring (bicyclic) bond motifs is 2. The van der Waals surface area contributed by atoms with Crippen molar-refractivity contribution in [1.29, 1.82) is 5.26 Å². The minimum atomic E-state index is -1.18. The Labute approximate surface area is 176 Å². The molecule has 8 heteroatoms. The van der Waals surface area contributed by atoms with E-state index < -0.39 is 8.07 Å². The number of nitrogens with zero attached hydrogens (tertiary/aromatic N) is 4. The minimum absolute atomic E-state index is 0.382. The van der Waals surface area contributed by atoms with Crippen LogP contribution in [-0.4, -0.2) is 41.5 Å². The highest BCUT2D eigenvalue weighted by Gasteiger charge is 2.20. The first kappa shape index (κ1) is 20.1. The number of hydrogen-bond acceptors (Lipinski definition) is 5. The van der Waals surface area contributed by atoms with Crippen molar-refractivity contribution < 1.29 is 4.74 Å². The third kappa shape index (κ3) is 3.82. The molecule has 0 saturated heterocycles. The molecule has 0 amide bonds. The summed E-state index contributed by atoms with van der Waals surface area (Å²) in [7, 11) is 0.638. The fourth-order valence-corrected chi connectivity index (χ4v) is 4.21. The van der Waals surface area contributed by atoms with Gasteiger partial charge in [-0.1, -0.05) is 37.8 Å². The molecule has 0 unspecified atom stereocenters. The first-order valence-electron chi connectivity index (χ1n) is 10.0. The predicted octanol–water partition coefficient (Wildman–Crippen LogP) is 4.81. The summed E-state index contributed by atoms with van der Waals surface area (Å²) in [5.74, 6) is 0.729. The van der Waals surface area contributed by atoms with Crippen molar-refractivity contribution in [2.45, 2.75) is 32.4 Å². The molecule has 0 fully saturated rings. The Kier molecular flexibility index (Phi) is 5.32. The standard InChI is InChI=1S/C22H26N6OSi/c1-24-18-12-20-19(11-15(18)13-23)25-22(28(20)14-29-9-10-30(2,3)4)21-16-7-5-6-8-17(16)26-27-21/h5-8,11-12,24H,9-10,14H2,1-4H3,(H,26,27). The van der Waals surface area contributed by atoms with Crippen LogP contribution >= 0.6 is 0 Å². The minimum Gasteiger partial charge on any atom is -0.387 e. The lowest BCUT2D eigenvalue weighted by atomic mass is 10.1. The molecule has 4 aromatic rings. The summed E-state index contributed by atoms with van der Waals surface area (Å²) in [4.78, 5) is 4.85. The van der Waals surface area contributed by atoms with Crippen molar-refractivity contribution in [3.63, 3.8) is 0 Å². The number of anilines is 1. The number of aromatic nitrogens is 4. The fraction of sp³-hybridized carbons (Fsp3) is 0.318. The van der Waals surface area contributed by atoms with E-state index in [0.29, 0.717) is 18.9 Å². The molecule has 2 aromatic heterocycles. The largest absolute Gasteiger partial charge is 0.387 e. The molecule has 0 atom stereocenters. The summed E-state index contributed by atoms with van der Waals surface area (Å²) in [6, 6.07) is 15.1. The number of imidazole rings is 1. The molecule has 7 nitrogen and oxygen atoms in total. The molecule has 30 heavy (non-hydrogen) atoms. The van der Waals surface area contributed by atoms with Crippen LogP contribution in [0.4, 0.5) is 5.69 Å². The normalized spacial score (nSPS) is 11.8. The van der Waals surface area contributed by atoms with Crippen LogP contribution < -0.4 is 5.32 Å². The molecule has 0 radical (unpaired) electrons. The topological polar surface area (TPSA) is 91.5 Å². The number of nitriles is 1. The van der Waals surface area contributed by atoms with Crippen LogP contribution in [0.1, 0.15) is 5.56 Å². The van der Waals surface area contributed by atoms with Crippen LogP contribution in [0.5, 0.6) is 0 Å². The summed E-state index contributed by atoms with van der Waals surface area (Å²) in [6.45, 7) is 8.12. The van der Waals surface area contributed by atoms with E-state index >= 15 is 0 Å². The van der Waals surface area contributed by atoms with Gasteiger partial charge in [0.25, 0.3) is 0 Å². The van der Waals surface area contributed by atoms with Crippen LogP contribution in [0.25, 0.3) is 33.5 Å². The van der Waals surface area contributed by atoms with E-state index in [0.717, 1.165) is 45.2 Å². The second-order valence-corrected chi connectivity index (χ2v) is 14.2. The van der Waals surface area contributed by atoms with Gasteiger partial charge >= 0.3 is 0 Å². The average molecular weight is 419 g/mol. The molecule has 0 spiro atoms. The third-order valence-electron chi connectivity index (χ3n) is 5.18. The van der Waals surface area contributed by atoms with E-state index in [1.54, 1.807) is 0 Å². The van der Waals surface area contributed by atoms with Gasteiger partial charge in [0.1, 0.15) is 18.5 Å². The Bertz CT molecular complexity index is 1240. The molecule has 0 aliphatic rings. The zero-order chi connectivity index (χ0) is 21.3. The first-order chi connectivity index (χ1) is 14.4. The highest BCUT2D eigenvalue weighted by Crippen LogP contribution is 2.31. The number of rotatable bonds is 7. The monoisotopic (exact) mass is 418 g/mol. The van der Waals surface area contributed by atoms with Crippen molar-refractivity contribution >= 4 is 35.7 Å². The molecule has 2 heterocycles. The number of para-hydroxylation sites is 1. The molecule has 0 bridgehead atoms. The van der Waals surface area contributed by atoms with Gasteiger partial charge in [-0.05, 0) is 24.2 Å². The maximum Gasteiger partial charge on any atom is 0.164 e. The lowest BCUT2D eigenvalue weighted by Gasteiger charge is -2.16. The second kappa shape index (κ2) is 7.93. The smallest absolute Gasteiger partial charge is 0.164 e. The number of hydrogen-bond donors (Lipinski definition) is 2. The number of ether oxygens (including phenoxy) is 1. The maximum absolute atomic E-state index is 9.50. The molecule has 4 rings (SSSR count).